The van der Waals surface area contributed by atoms with E-state index in [-0.39, 0.29) is 11.9 Å². The van der Waals surface area contributed by atoms with Gasteiger partial charge in [0, 0.05) is 23.3 Å². The normalized spacial score (nSPS) is 12.0. The van der Waals surface area contributed by atoms with Crippen LogP contribution in [0.4, 0.5) is 5.69 Å². The van der Waals surface area contributed by atoms with Gasteiger partial charge in [0.15, 0.2) is 12.2 Å². The second-order valence-electron chi connectivity index (χ2n) is 7.42. The maximum absolute atomic E-state index is 13.0. The summed E-state index contributed by atoms with van der Waals surface area (Å²) in [5.74, 6) is 1.44. The summed E-state index contributed by atoms with van der Waals surface area (Å²) in [5, 5.41) is 7.01. The minimum atomic E-state index is -0.360. The summed E-state index contributed by atoms with van der Waals surface area (Å²) in [6, 6.07) is 12.7. The van der Waals surface area contributed by atoms with E-state index < -0.39 is 0 Å². The Bertz CT molecular complexity index is 974. The van der Waals surface area contributed by atoms with Crippen molar-refractivity contribution in [1.82, 2.24) is 10.3 Å². The minimum absolute atomic E-state index is 0.106. The molecule has 7 heteroatoms. The number of halogens is 1. The molecule has 0 saturated carbocycles. The van der Waals surface area contributed by atoms with Gasteiger partial charge < -0.3 is 19.8 Å². The number of anilines is 1. The number of benzene rings is 2. The van der Waals surface area contributed by atoms with Gasteiger partial charge in [-0.3, -0.25) is 4.79 Å². The van der Waals surface area contributed by atoms with E-state index >= 15 is 0 Å². The lowest BCUT2D eigenvalue weighted by Crippen LogP contribution is -2.41. The highest BCUT2D eigenvalue weighted by atomic mass is 35.5. The van der Waals surface area contributed by atoms with Crippen molar-refractivity contribution in [1.29, 1.82) is 0 Å². The summed E-state index contributed by atoms with van der Waals surface area (Å²) in [7, 11) is 1.58. The van der Waals surface area contributed by atoms with Gasteiger partial charge in [0.1, 0.15) is 5.75 Å². The summed E-state index contributed by atoms with van der Waals surface area (Å²) < 4.78 is 10.8. The molecule has 0 bridgehead atoms. The molecule has 1 amide bonds. The van der Waals surface area contributed by atoms with E-state index in [9.17, 15) is 4.79 Å². The first-order valence-corrected chi connectivity index (χ1v) is 10.2. The summed E-state index contributed by atoms with van der Waals surface area (Å²) in [6.45, 7) is 4.69. The summed E-state index contributed by atoms with van der Waals surface area (Å²) >= 11 is 6.25. The van der Waals surface area contributed by atoms with Gasteiger partial charge in [0.2, 0.25) is 5.91 Å². The molecular weight excluding hydrogens is 402 g/mol. The van der Waals surface area contributed by atoms with Crippen molar-refractivity contribution >= 4 is 23.2 Å². The number of ether oxygens (including phenoxy) is 1. The third kappa shape index (κ3) is 5.62. The number of hydrogen-bond acceptors (Lipinski definition) is 5. The van der Waals surface area contributed by atoms with Gasteiger partial charge in [-0.05, 0) is 36.1 Å². The predicted octanol–water partition coefficient (Wildman–Crippen LogP) is 5.15. The van der Waals surface area contributed by atoms with Gasteiger partial charge in [-0.25, -0.2) is 4.98 Å². The van der Waals surface area contributed by atoms with Crippen LogP contribution in [0.25, 0.3) is 11.3 Å². The second kappa shape index (κ2) is 10.3. The average Bonchev–Trinajstić information content (AvgIpc) is 3.26. The third-order valence-electron chi connectivity index (χ3n) is 4.69. The Morgan fingerprint density at radius 1 is 1.23 bits per heavy atom. The zero-order chi connectivity index (χ0) is 21.5. The molecule has 6 nitrogen and oxygen atoms in total. The molecular formula is C23H26ClN3O3. The number of methoxy groups -OCH3 is 1. The van der Waals surface area contributed by atoms with Crippen LogP contribution in [0.15, 0.2) is 59.5 Å². The molecule has 0 radical (unpaired) electrons. The highest BCUT2D eigenvalue weighted by Crippen LogP contribution is 2.32. The molecule has 3 rings (SSSR count). The van der Waals surface area contributed by atoms with Crippen LogP contribution in [0.3, 0.4) is 0 Å². The quantitative estimate of drug-likeness (QED) is 0.494. The molecule has 0 aliphatic rings. The van der Waals surface area contributed by atoms with Crippen molar-refractivity contribution in [3.63, 3.8) is 0 Å². The van der Waals surface area contributed by atoms with E-state index in [1.807, 2.05) is 36.4 Å². The van der Waals surface area contributed by atoms with E-state index in [1.165, 1.54) is 6.39 Å². The Labute approximate surface area is 181 Å². The number of nitrogens with zero attached hydrogens (tertiary/aromatic N) is 1. The van der Waals surface area contributed by atoms with Crippen molar-refractivity contribution < 1.29 is 13.9 Å². The fourth-order valence-corrected chi connectivity index (χ4v) is 3.38. The average molecular weight is 428 g/mol. The SMILES string of the molecule is COc1cc(NC(=O)C(CC(C)C)NCc2ccccc2Cl)ccc1-c1cnco1. The Balaban J connectivity index is 1.72. The maximum Gasteiger partial charge on any atom is 0.241 e. The highest BCUT2D eigenvalue weighted by Gasteiger charge is 2.20. The molecule has 0 saturated heterocycles. The standard InChI is InChI=1S/C23H26ClN3O3/c1-15(2)10-20(26-12-16-6-4-5-7-19(16)24)23(28)27-17-8-9-18(21(11-17)29-3)22-13-25-14-30-22/h4-9,11,13-15,20,26H,10,12H2,1-3H3,(H,27,28). The van der Waals surface area contributed by atoms with Crippen LogP contribution in [-0.4, -0.2) is 24.0 Å². The third-order valence-corrected chi connectivity index (χ3v) is 5.06. The molecule has 3 aromatic rings. The lowest BCUT2D eigenvalue weighted by Gasteiger charge is -2.21. The van der Waals surface area contributed by atoms with Crippen LogP contribution < -0.4 is 15.4 Å². The second-order valence-corrected chi connectivity index (χ2v) is 7.83. The number of carbonyl (C=O) groups excluding carboxylic acids is 1. The van der Waals surface area contributed by atoms with Gasteiger partial charge in [0.25, 0.3) is 0 Å². The van der Waals surface area contributed by atoms with Crippen molar-refractivity contribution in [2.45, 2.75) is 32.9 Å². The molecule has 2 aromatic carbocycles. The van der Waals surface area contributed by atoms with Gasteiger partial charge in [-0.15, -0.1) is 0 Å². The number of nitrogens with one attached hydrogen (secondary N) is 2. The van der Waals surface area contributed by atoms with Gasteiger partial charge in [-0.1, -0.05) is 43.6 Å². The van der Waals surface area contributed by atoms with Crippen LogP contribution in [0.5, 0.6) is 5.75 Å². The Morgan fingerprint density at radius 2 is 2.03 bits per heavy atom. The predicted molar refractivity (Wildman–Crippen MR) is 119 cm³/mol. The molecule has 30 heavy (non-hydrogen) atoms. The van der Waals surface area contributed by atoms with Crippen molar-refractivity contribution in [3.05, 3.63) is 65.6 Å². The molecule has 0 fully saturated rings. The lowest BCUT2D eigenvalue weighted by atomic mass is 10.0. The lowest BCUT2D eigenvalue weighted by molar-refractivity contribution is -0.118. The summed E-state index contributed by atoms with van der Waals surface area (Å²) in [4.78, 5) is 16.9. The van der Waals surface area contributed by atoms with E-state index in [0.29, 0.717) is 41.1 Å². The molecule has 0 aliphatic carbocycles. The fraction of sp³-hybridized carbons (Fsp3) is 0.304. The molecule has 2 N–H and O–H groups in total. The highest BCUT2D eigenvalue weighted by molar-refractivity contribution is 6.31. The van der Waals surface area contributed by atoms with Crippen molar-refractivity contribution in [3.8, 4) is 17.1 Å². The van der Waals surface area contributed by atoms with E-state index in [1.54, 1.807) is 19.4 Å². The van der Waals surface area contributed by atoms with Crippen LogP contribution in [0.2, 0.25) is 5.02 Å². The van der Waals surface area contributed by atoms with Crippen LogP contribution in [-0.2, 0) is 11.3 Å². The van der Waals surface area contributed by atoms with E-state index in [0.717, 1.165) is 11.1 Å². The largest absolute Gasteiger partial charge is 0.496 e. The van der Waals surface area contributed by atoms with Crippen LogP contribution in [0, 0.1) is 5.92 Å². The van der Waals surface area contributed by atoms with Crippen molar-refractivity contribution in [2.75, 3.05) is 12.4 Å². The number of carbonyl (C=O) groups is 1. The number of oxazole rings is 1. The fourth-order valence-electron chi connectivity index (χ4n) is 3.18. The smallest absolute Gasteiger partial charge is 0.241 e. The molecule has 1 heterocycles. The summed E-state index contributed by atoms with van der Waals surface area (Å²) in [5.41, 5.74) is 2.37. The first-order chi connectivity index (χ1) is 14.5. The van der Waals surface area contributed by atoms with Crippen LogP contribution >= 0.6 is 11.6 Å². The molecule has 0 spiro atoms. The first kappa shape index (κ1) is 21.9. The van der Waals surface area contributed by atoms with Crippen molar-refractivity contribution in [2.24, 2.45) is 5.92 Å². The zero-order valence-electron chi connectivity index (χ0n) is 17.3. The van der Waals surface area contributed by atoms with E-state index in [2.05, 4.69) is 29.5 Å². The Kier molecular flexibility index (Phi) is 7.49. The number of aromatic nitrogens is 1. The molecule has 1 atom stereocenters. The van der Waals surface area contributed by atoms with Gasteiger partial charge in [0.05, 0.1) is 24.9 Å². The van der Waals surface area contributed by atoms with E-state index in [4.69, 9.17) is 20.8 Å². The monoisotopic (exact) mass is 427 g/mol. The maximum atomic E-state index is 13.0. The first-order valence-electron chi connectivity index (χ1n) is 9.82. The molecule has 158 valence electrons. The molecule has 1 aromatic heterocycles. The molecule has 1 unspecified atom stereocenters. The number of rotatable bonds is 9. The summed E-state index contributed by atoms with van der Waals surface area (Å²) in [6.07, 6.45) is 3.68. The van der Waals surface area contributed by atoms with Gasteiger partial charge in [-0.2, -0.15) is 0 Å². The topological polar surface area (TPSA) is 76.4 Å². The zero-order valence-corrected chi connectivity index (χ0v) is 18.1. The minimum Gasteiger partial charge on any atom is -0.496 e. The van der Waals surface area contributed by atoms with Gasteiger partial charge >= 0.3 is 0 Å². The Hall–Kier alpha value is -2.83. The van der Waals surface area contributed by atoms with Crippen LogP contribution in [0.1, 0.15) is 25.8 Å². The molecule has 0 aliphatic heterocycles. The number of amides is 1. The number of hydrogen-bond donors (Lipinski definition) is 2. The Morgan fingerprint density at radius 3 is 2.70 bits per heavy atom.